The molecule has 0 amide bonds. The Bertz CT molecular complexity index is 315. The van der Waals surface area contributed by atoms with Crippen molar-refractivity contribution in [2.45, 2.75) is 77.7 Å². The summed E-state index contributed by atoms with van der Waals surface area (Å²) < 4.78 is 0. The third-order valence-electron chi connectivity index (χ3n) is 7.16. The van der Waals surface area contributed by atoms with E-state index in [0.717, 1.165) is 6.04 Å². The van der Waals surface area contributed by atoms with Crippen molar-refractivity contribution < 1.29 is 0 Å². The molecule has 0 aromatic carbocycles. The van der Waals surface area contributed by atoms with Crippen LogP contribution in [0.25, 0.3) is 0 Å². The highest BCUT2D eigenvalue weighted by Crippen LogP contribution is 2.52. The molecule has 132 valence electrons. The monoisotopic (exact) mass is 350 g/mol. The Labute approximate surface area is 150 Å². The summed E-state index contributed by atoms with van der Waals surface area (Å²) in [5.41, 5.74) is 1.41. The van der Waals surface area contributed by atoms with Crippen LogP contribution in [0.3, 0.4) is 0 Å². The molecule has 2 aliphatic heterocycles. The summed E-state index contributed by atoms with van der Waals surface area (Å²) in [6, 6.07) is 0.889. The van der Waals surface area contributed by atoms with E-state index < -0.39 is 0 Å². The van der Waals surface area contributed by atoms with Crippen LogP contribution < -0.4 is 5.32 Å². The van der Waals surface area contributed by atoms with Crippen molar-refractivity contribution in [1.29, 1.82) is 0 Å². The van der Waals surface area contributed by atoms with E-state index in [9.17, 15) is 0 Å². The van der Waals surface area contributed by atoms with Gasteiger partial charge in [-0.1, -0.05) is 26.7 Å². The van der Waals surface area contributed by atoms with Gasteiger partial charge in [0, 0.05) is 12.6 Å². The van der Waals surface area contributed by atoms with E-state index in [1.807, 2.05) is 0 Å². The second-order valence-corrected chi connectivity index (χ2v) is 7.91. The molecule has 1 spiro atoms. The fourth-order valence-corrected chi connectivity index (χ4v) is 5.13. The Kier molecular flexibility index (Phi) is 7.99. The van der Waals surface area contributed by atoms with Crippen LogP contribution in [0.4, 0.5) is 0 Å². The molecule has 2 saturated heterocycles. The van der Waals surface area contributed by atoms with Crippen LogP contribution in [0.5, 0.6) is 0 Å². The van der Waals surface area contributed by atoms with Gasteiger partial charge >= 0.3 is 0 Å². The molecule has 0 unspecified atom stereocenters. The van der Waals surface area contributed by atoms with E-state index in [1.165, 1.54) is 84.0 Å². The molecule has 0 aromatic heterocycles. The first-order chi connectivity index (χ1) is 9.71. The maximum atomic E-state index is 3.51. The van der Waals surface area contributed by atoms with Gasteiger partial charge in [-0.3, -0.25) is 4.90 Å². The van der Waals surface area contributed by atoms with Crippen molar-refractivity contribution in [3.05, 3.63) is 0 Å². The number of halogens is 2. The minimum absolute atomic E-state index is 0. The Morgan fingerprint density at radius 2 is 1.50 bits per heavy atom. The Balaban J connectivity index is 0.00000121. The molecule has 3 fully saturated rings. The van der Waals surface area contributed by atoms with Crippen LogP contribution in [-0.4, -0.2) is 37.1 Å². The van der Waals surface area contributed by atoms with Crippen molar-refractivity contribution >= 4 is 24.8 Å². The normalized spacial score (nSPS) is 28.1. The standard InChI is InChI=1S/C18H34N2.2ClH/c1-3-17(4-2)7-9-18(10-8-17)11-14-20(15-18)16-5-12-19-13-6-16;;/h16,19H,3-15H2,1-2H3;2*1H. The van der Waals surface area contributed by atoms with Gasteiger partial charge in [-0.05, 0) is 75.4 Å². The summed E-state index contributed by atoms with van der Waals surface area (Å²) >= 11 is 0. The first-order valence-electron chi connectivity index (χ1n) is 9.16. The predicted octanol–water partition coefficient (Wildman–Crippen LogP) is 4.65. The van der Waals surface area contributed by atoms with E-state index in [2.05, 4.69) is 24.1 Å². The van der Waals surface area contributed by atoms with Crippen LogP contribution >= 0.6 is 24.8 Å². The van der Waals surface area contributed by atoms with E-state index in [0.29, 0.717) is 10.8 Å². The zero-order chi connectivity index (χ0) is 14.1. The van der Waals surface area contributed by atoms with Gasteiger partial charge in [-0.25, -0.2) is 0 Å². The SMILES string of the molecule is CCC1(CC)CCC2(CCN(C3CCNCC3)C2)CC1.Cl.Cl. The number of hydrogen-bond acceptors (Lipinski definition) is 2. The first-order valence-corrected chi connectivity index (χ1v) is 9.16. The number of likely N-dealkylation sites (tertiary alicyclic amines) is 1. The predicted molar refractivity (Wildman–Crippen MR) is 100 cm³/mol. The lowest BCUT2D eigenvalue weighted by Crippen LogP contribution is -2.43. The smallest absolute Gasteiger partial charge is 0.0120 e. The molecular weight excluding hydrogens is 315 g/mol. The van der Waals surface area contributed by atoms with Gasteiger partial charge in [0.2, 0.25) is 0 Å². The zero-order valence-electron chi connectivity index (χ0n) is 14.5. The van der Waals surface area contributed by atoms with Crippen molar-refractivity contribution in [1.82, 2.24) is 10.2 Å². The highest BCUT2D eigenvalue weighted by molar-refractivity contribution is 5.85. The molecular formula is C18H36Cl2N2. The molecule has 2 heterocycles. The molecule has 1 saturated carbocycles. The number of rotatable bonds is 3. The maximum Gasteiger partial charge on any atom is 0.0120 e. The number of hydrogen-bond donors (Lipinski definition) is 1. The topological polar surface area (TPSA) is 15.3 Å². The summed E-state index contributed by atoms with van der Waals surface area (Å²) in [4.78, 5) is 2.85. The highest BCUT2D eigenvalue weighted by Gasteiger charge is 2.45. The average molecular weight is 351 g/mol. The zero-order valence-corrected chi connectivity index (χ0v) is 16.2. The summed E-state index contributed by atoms with van der Waals surface area (Å²) in [7, 11) is 0. The summed E-state index contributed by atoms with van der Waals surface area (Å²) in [6.07, 6.45) is 13.1. The lowest BCUT2D eigenvalue weighted by atomic mass is 9.61. The van der Waals surface area contributed by atoms with Gasteiger partial charge in [0.05, 0.1) is 0 Å². The molecule has 0 radical (unpaired) electrons. The fraction of sp³-hybridized carbons (Fsp3) is 1.00. The van der Waals surface area contributed by atoms with Gasteiger partial charge in [-0.2, -0.15) is 0 Å². The molecule has 0 atom stereocenters. The van der Waals surface area contributed by atoms with Crippen LogP contribution in [0.2, 0.25) is 0 Å². The summed E-state index contributed by atoms with van der Waals surface area (Å²) in [5, 5.41) is 3.51. The van der Waals surface area contributed by atoms with Crippen LogP contribution in [0.1, 0.15) is 71.6 Å². The van der Waals surface area contributed by atoms with Crippen LogP contribution in [-0.2, 0) is 0 Å². The largest absolute Gasteiger partial charge is 0.317 e. The van der Waals surface area contributed by atoms with Gasteiger partial charge < -0.3 is 5.32 Å². The molecule has 3 rings (SSSR count). The van der Waals surface area contributed by atoms with Crippen LogP contribution in [0.15, 0.2) is 0 Å². The maximum absolute atomic E-state index is 3.51. The van der Waals surface area contributed by atoms with Crippen molar-refractivity contribution in [2.75, 3.05) is 26.2 Å². The van der Waals surface area contributed by atoms with E-state index in [4.69, 9.17) is 0 Å². The van der Waals surface area contributed by atoms with Crippen molar-refractivity contribution in [3.63, 3.8) is 0 Å². The molecule has 0 bridgehead atoms. The molecule has 4 heteroatoms. The van der Waals surface area contributed by atoms with Crippen molar-refractivity contribution in [3.8, 4) is 0 Å². The van der Waals surface area contributed by atoms with Gasteiger partial charge in [0.25, 0.3) is 0 Å². The molecule has 1 N–H and O–H groups in total. The van der Waals surface area contributed by atoms with Gasteiger partial charge in [-0.15, -0.1) is 24.8 Å². The lowest BCUT2D eigenvalue weighted by Gasteiger charge is -2.45. The third kappa shape index (κ3) is 4.12. The summed E-state index contributed by atoms with van der Waals surface area (Å²) in [6.45, 7) is 10.1. The minimum Gasteiger partial charge on any atom is -0.317 e. The molecule has 0 aromatic rings. The van der Waals surface area contributed by atoms with Crippen molar-refractivity contribution in [2.24, 2.45) is 10.8 Å². The first kappa shape index (κ1) is 20.5. The fourth-order valence-electron chi connectivity index (χ4n) is 5.13. The Hall–Kier alpha value is 0.500. The highest BCUT2D eigenvalue weighted by atomic mass is 35.5. The minimum atomic E-state index is 0. The second kappa shape index (κ2) is 8.55. The third-order valence-corrected chi connectivity index (χ3v) is 7.16. The van der Waals surface area contributed by atoms with E-state index in [-0.39, 0.29) is 24.8 Å². The number of piperidine rings is 1. The van der Waals surface area contributed by atoms with E-state index in [1.54, 1.807) is 0 Å². The summed E-state index contributed by atoms with van der Waals surface area (Å²) in [5.74, 6) is 0. The number of nitrogens with zero attached hydrogens (tertiary/aromatic N) is 1. The Morgan fingerprint density at radius 3 is 2.05 bits per heavy atom. The molecule has 2 nitrogen and oxygen atoms in total. The lowest BCUT2D eigenvalue weighted by molar-refractivity contribution is 0.0667. The quantitative estimate of drug-likeness (QED) is 0.796. The molecule has 3 aliphatic rings. The molecule has 22 heavy (non-hydrogen) atoms. The average Bonchev–Trinajstić information content (AvgIpc) is 2.94. The van der Waals surface area contributed by atoms with Gasteiger partial charge in [0.1, 0.15) is 0 Å². The van der Waals surface area contributed by atoms with Gasteiger partial charge in [0.15, 0.2) is 0 Å². The number of nitrogens with one attached hydrogen (secondary N) is 1. The van der Waals surface area contributed by atoms with Crippen LogP contribution in [0, 0.1) is 10.8 Å². The second-order valence-electron chi connectivity index (χ2n) is 7.91. The molecule has 1 aliphatic carbocycles. The Morgan fingerprint density at radius 1 is 0.909 bits per heavy atom. The van der Waals surface area contributed by atoms with E-state index >= 15 is 0 Å².